The van der Waals surface area contributed by atoms with Crippen molar-refractivity contribution in [2.24, 2.45) is 5.41 Å². The summed E-state index contributed by atoms with van der Waals surface area (Å²) < 4.78 is 0. The summed E-state index contributed by atoms with van der Waals surface area (Å²) in [5.74, 6) is 0.456. The molecule has 0 bridgehead atoms. The number of anilines is 1. The van der Waals surface area contributed by atoms with Gasteiger partial charge >= 0.3 is 0 Å². The molecule has 7 heteroatoms. The zero-order valence-corrected chi connectivity index (χ0v) is 14.8. The zero-order valence-electron chi connectivity index (χ0n) is 13.2. The van der Waals surface area contributed by atoms with E-state index in [9.17, 15) is 4.79 Å². The number of nitriles is 1. The van der Waals surface area contributed by atoms with Gasteiger partial charge in [0.15, 0.2) is 11.3 Å². The summed E-state index contributed by atoms with van der Waals surface area (Å²) in [4.78, 5) is 17.9. The molecule has 2 N–H and O–H groups in total. The fourth-order valence-electron chi connectivity index (χ4n) is 3.64. The largest absolute Gasteiger partial charge is 0.321 e. The van der Waals surface area contributed by atoms with E-state index in [4.69, 9.17) is 16.9 Å². The Bertz CT molecular complexity index is 627. The number of hydrogen-bond donors (Lipinski definition) is 2. The molecule has 0 spiro atoms. The van der Waals surface area contributed by atoms with Gasteiger partial charge in [0.2, 0.25) is 5.91 Å². The monoisotopic (exact) mass is 352 g/mol. The highest BCUT2D eigenvalue weighted by Gasteiger charge is 2.46. The summed E-state index contributed by atoms with van der Waals surface area (Å²) in [6.45, 7) is 1.93. The van der Waals surface area contributed by atoms with Gasteiger partial charge in [-0.2, -0.15) is 5.26 Å². The Kier molecular flexibility index (Phi) is 4.79. The molecular weight excluding hydrogens is 332 g/mol. The molecule has 0 aliphatic heterocycles. The molecule has 5 nitrogen and oxygen atoms in total. The van der Waals surface area contributed by atoms with Gasteiger partial charge in [0.05, 0.1) is 5.41 Å². The highest BCUT2D eigenvalue weighted by molar-refractivity contribution is 7.16. The van der Waals surface area contributed by atoms with Crippen molar-refractivity contribution in [2.45, 2.75) is 63.8 Å². The number of aromatic nitrogens is 1. The molecule has 0 aromatic carbocycles. The summed E-state index contributed by atoms with van der Waals surface area (Å²) in [6, 6.07) is 0.105. The van der Waals surface area contributed by atoms with E-state index in [2.05, 4.69) is 15.6 Å². The molecule has 1 heterocycles. The molecule has 0 radical (unpaired) electrons. The second kappa shape index (κ2) is 6.66. The van der Waals surface area contributed by atoms with Crippen molar-refractivity contribution in [3.8, 4) is 6.19 Å². The Hall–Kier alpha value is -1.32. The van der Waals surface area contributed by atoms with Crippen molar-refractivity contribution < 1.29 is 4.79 Å². The van der Waals surface area contributed by atoms with Crippen molar-refractivity contribution >= 4 is 34.0 Å². The van der Waals surface area contributed by atoms with Gasteiger partial charge in [0.1, 0.15) is 5.15 Å². The first-order chi connectivity index (χ1) is 11.0. The maximum Gasteiger partial charge on any atom is 0.232 e. The molecule has 3 rings (SSSR count). The number of amides is 1. The molecule has 2 fully saturated rings. The third-order valence-electron chi connectivity index (χ3n) is 5.02. The predicted molar refractivity (Wildman–Crippen MR) is 91.5 cm³/mol. The van der Waals surface area contributed by atoms with Crippen LogP contribution >= 0.6 is 22.9 Å². The molecular formula is C16H21ClN4OS. The topological polar surface area (TPSA) is 77.8 Å². The lowest BCUT2D eigenvalue weighted by atomic mass is 9.66. The first kappa shape index (κ1) is 16.5. The highest BCUT2D eigenvalue weighted by Crippen LogP contribution is 2.44. The Morgan fingerprint density at radius 3 is 2.74 bits per heavy atom. The van der Waals surface area contributed by atoms with Gasteiger partial charge in [-0.05, 0) is 31.6 Å². The highest BCUT2D eigenvalue weighted by atomic mass is 35.5. The summed E-state index contributed by atoms with van der Waals surface area (Å²) in [5, 5.41) is 15.4. The number of carbonyl (C=O) groups is 1. The van der Waals surface area contributed by atoms with Crippen LogP contribution in [0.1, 0.15) is 62.7 Å². The second-order valence-corrected chi connectivity index (χ2v) is 8.27. The number of carbonyl (C=O) groups excluding carboxylic acids is 1. The lowest BCUT2D eigenvalue weighted by molar-refractivity contribution is -0.130. The standard InChI is InChI=1S/C16H21ClN4OS/c1-16(7-11(8-16)19-9-18)14(22)21-15-20-13(17)12(23-15)10-5-3-2-4-6-10/h10-11,19H,2-8H2,1H3,(H,20,21,22). The van der Waals surface area contributed by atoms with Gasteiger partial charge in [-0.3, -0.25) is 4.79 Å². The third-order valence-corrected chi connectivity index (χ3v) is 6.55. The molecule has 1 aromatic heterocycles. The minimum atomic E-state index is -0.433. The number of rotatable bonds is 4. The first-order valence-electron chi connectivity index (χ1n) is 8.14. The van der Waals surface area contributed by atoms with Crippen molar-refractivity contribution in [3.05, 3.63) is 10.0 Å². The third kappa shape index (κ3) is 3.46. The van der Waals surface area contributed by atoms with Crippen LogP contribution in [0, 0.1) is 16.9 Å². The molecule has 0 atom stereocenters. The molecule has 23 heavy (non-hydrogen) atoms. The van der Waals surface area contributed by atoms with E-state index in [0.717, 1.165) is 17.7 Å². The van der Waals surface area contributed by atoms with Gasteiger partial charge in [0.25, 0.3) is 0 Å². The predicted octanol–water partition coefficient (Wildman–Crippen LogP) is 4.02. The van der Waals surface area contributed by atoms with Gasteiger partial charge in [0, 0.05) is 10.9 Å². The van der Waals surface area contributed by atoms with E-state index in [0.29, 0.717) is 29.0 Å². The summed E-state index contributed by atoms with van der Waals surface area (Å²) in [5.41, 5.74) is -0.433. The van der Waals surface area contributed by atoms with E-state index in [-0.39, 0.29) is 11.9 Å². The fourth-order valence-corrected chi connectivity index (χ4v) is 5.06. The minimum Gasteiger partial charge on any atom is -0.321 e. The summed E-state index contributed by atoms with van der Waals surface area (Å²) in [6.07, 6.45) is 9.37. The minimum absolute atomic E-state index is 0.0332. The lowest BCUT2D eigenvalue weighted by Crippen LogP contribution is -2.52. The maximum absolute atomic E-state index is 12.5. The zero-order chi connectivity index (χ0) is 16.4. The average molecular weight is 353 g/mol. The quantitative estimate of drug-likeness (QED) is 0.633. The van der Waals surface area contributed by atoms with E-state index in [1.807, 2.05) is 13.1 Å². The maximum atomic E-state index is 12.5. The Labute approximate surface area is 145 Å². The van der Waals surface area contributed by atoms with Crippen molar-refractivity contribution in [3.63, 3.8) is 0 Å². The molecule has 1 aromatic rings. The van der Waals surface area contributed by atoms with Gasteiger partial charge in [-0.25, -0.2) is 4.98 Å². The fraction of sp³-hybridized carbons (Fsp3) is 0.688. The van der Waals surface area contributed by atoms with Gasteiger partial charge in [-0.15, -0.1) is 0 Å². The van der Waals surface area contributed by atoms with Crippen molar-refractivity contribution in [1.29, 1.82) is 5.26 Å². The van der Waals surface area contributed by atoms with Crippen LogP contribution in [0.3, 0.4) is 0 Å². The number of nitrogens with zero attached hydrogens (tertiary/aromatic N) is 2. The number of halogens is 1. The lowest BCUT2D eigenvalue weighted by Gasteiger charge is -2.42. The number of nitrogens with one attached hydrogen (secondary N) is 2. The van der Waals surface area contributed by atoms with Crippen LogP contribution in [-0.2, 0) is 4.79 Å². The second-order valence-electron chi connectivity index (χ2n) is 6.89. The van der Waals surface area contributed by atoms with Crippen LogP contribution in [0.15, 0.2) is 0 Å². The summed E-state index contributed by atoms with van der Waals surface area (Å²) >= 11 is 7.80. The van der Waals surface area contributed by atoms with Gasteiger partial charge < -0.3 is 10.6 Å². The van der Waals surface area contributed by atoms with Crippen molar-refractivity contribution in [2.75, 3.05) is 5.32 Å². The smallest absolute Gasteiger partial charge is 0.232 e. The Morgan fingerprint density at radius 2 is 2.09 bits per heavy atom. The van der Waals surface area contributed by atoms with Crippen LogP contribution < -0.4 is 10.6 Å². The van der Waals surface area contributed by atoms with E-state index in [1.54, 1.807) is 0 Å². The van der Waals surface area contributed by atoms with Crippen molar-refractivity contribution in [1.82, 2.24) is 10.3 Å². The van der Waals surface area contributed by atoms with Crippen LogP contribution in [-0.4, -0.2) is 16.9 Å². The first-order valence-corrected chi connectivity index (χ1v) is 9.33. The number of thiazole rings is 1. The summed E-state index contributed by atoms with van der Waals surface area (Å²) in [7, 11) is 0. The SMILES string of the molecule is CC1(C(=O)Nc2nc(Cl)c(C3CCCCC3)s2)CC(NC#N)C1. The molecule has 0 saturated heterocycles. The Balaban J connectivity index is 1.62. The van der Waals surface area contributed by atoms with Crippen LogP contribution in [0.25, 0.3) is 0 Å². The average Bonchev–Trinajstić information content (AvgIpc) is 2.87. The van der Waals surface area contributed by atoms with Crippen LogP contribution in [0.2, 0.25) is 5.15 Å². The Morgan fingerprint density at radius 1 is 1.39 bits per heavy atom. The van der Waals surface area contributed by atoms with E-state index in [1.165, 1.54) is 30.6 Å². The van der Waals surface area contributed by atoms with Gasteiger partial charge in [-0.1, -0.05) is 49.1 Å². The van der Waals surface area contributed by atoms with E-state index >= 15 is 0 Å². The molecule has 0 unspecified atom stereocenters. The molecule has 2 aliphatic carbocycles. The normalized spacial score (nSPS) is 27.8. The molecule has 1 amide bonds. The molecule has 2 aliphatic rings. The molecule has 124 valence electrons. The van der Waals surface area contributed by atoms with Crippen LogP contribution in [0.5, 0.6) is 0 Å². The molecule has 2 saturated carbocycles. The van der Waals surface area contributed by atoms with Crippen LogP contribution in [0.4, 0.5) is 5.13 Å². The van der Waals surface area contributed by atoms with E-state index < -0.39 is 5.41 Å². The number of hydrogen-bond acceptors (Lipinski definition) is 5.